The number of ether oxygens (including phenoxy) is 5. The predicted octanol–water partition coefficient (Wildman–Crippen LogP) is 0.293. The van der Waals surface area contributed by atoms with Crippen LogP contribution in [0.3, 0.4) is 0 Å². The lowest BCUT2D eigenvalue weighted by Crippen LogP contribution is -2.52. The van der Waals surface area contributed by atoms with E-state index in [1.165, 1.54) is 24.1 Å². The van der Waals surface area contributed by atoms with Crippen LogP contribution in [0.25, 0.3) is 10.9 Å². The number of carboxylic acid groups (broad SMARTS) is 3. The summed E-state index contributed by atoms with van der Waals surface area (Å²) >= 11 is 0. The van der Waals surface area contributed by atoms with E-state index >= 15 is 0 Å². The number of sulfonamides is 1. The molecule has 0 saturated carbocycles. The van der Waals surface area contributed by atoms with Crippen molar-refractivity contribution in [2.24, 2.45) is 0 Å². The van der Waals surface area contributed by atoms with Crippen molar-refractivity contribution in [3.63, 3.8) is 0 Å². The third kappa shape index (κ3) is 29.5. The zero-order valence-electron chi connectivity index (χ0n) is 55.4. The first-order valence-corrected chi connectivity index (χ1v) is 33.8. The third-order valence-corrected chi connectivity index (χ3v) is 17.1. The number of aryl methyl sites for hydroxylation is 3. The maximum absolute atomic E-state index is 13.6. The van der Waals surface area contributed by atoms with Gasteiger partial charge in [0, 0.05) is 148 Å². The zero-order chi connectivity index (χ0) is 69.7. The number of carboxylic acids is 2. The number of imidazole rings is 1. The average molecular weight is 1370 g/mol. The van der Waals surface area contributed by atoms with Gasteiger partial charge in [-0.25, -0.2) is 18.2 Å². The van der Waals surface area contributed by atoms with Crippen LogP contribution >= 0.6 is 0 Å². The topological polar surface area (TPSA) is 421 Å². The van der Waals surface area contributed by atoms with Crippen molar-refractivity contribution in [1.29, 1.82) is 0 Å². The van der Waals surface area contributed by atoms with Gasteiger partial charge in [0.25, 0.3) is 5.91 Å². The summed E-state index contributed by atoms with van der Waals surface area (Å²) in [5.41, 5.74) is 1.64. The molecule has 33 nitrogen and oxygen atoms in total. The molecule has 3 heterocycles. The summed E-state index contributed by atoms with van der Waals surface area (Å²) in [5, 5.41) is 51.4. The Kier molecular flexibility index (Phi) is 35.3. The van der Waals surface area contributed by atoms with Crippen LogP contribution in [-0.2, 0) is 64.3 Å². The molecule has 0 spiro atoms. The number of H-pyrrole nitrogens is 1. The molecule has 96 heavy (non-hydrogen) atoms. The largest absolute Gasteiger partial charge is 0.494 e. The molecule has 5 rings (SSSR count). The lowest BCUT2D eigenvalue weighted by Gasteiger charge is -2.32. The van der Waals surface area contributed by atoms with Crippen LogP contribution in [0.5, 0.6) is 5.75 Å². The number of benzene rings is 2. The molecule has 34 heteroatoms. The van der Waals surface area contributed by atoms with Gasteiger partial charge in [-0.05, 0) is 94.0 Å². The molecule has 1 aliphatic heterocycles. The Hall–Kier alpha value is -8.09. The van der Waals surface area contributed by atoms with E-state index < -0.39 is 64.4 Å². The smallest absolute Gasteiger partial charge is 0.407 e. The number of nitrogens with one attached hydrogen (secondary N) is 8. The number of fused-ring (bicyclic) bond motifs is 1. The molecule has 534 valence electrons. The molecule has 1 aliphatic rings. The third-order valence-electron chi connectivity index (χ3n) is 15.3. The summed E-state index contributed by atoms with van der Waals surface area (Å²) in [7, 11) is -2.90. The Morgan fingerprint density at radius 2 is 1.29 bits per heavy atom. The first kappa shape index (κ1) is 78.6. The van der Waals surface area contributed by atoms with Crippen LogP contribution in [0.15, 0.2) is 53.8 Å². The second kappa shape index (κ2) is 43.2. The molecule has 11 N–H and O–H groups in total. The number of aromatic nitrogens is 4. The lowest BCUT2D eigenvalue weighted by molar-refractivity contribution is -0.139. The fourth-order valence-electron chi connectivity index (χ4n) is 10.2. The van der Waals surface area contributed by atoms with Gasteiger partial charge < -0.3 is 85.7 Å². The van der Waals surface area contributed by atoms with Crippen molar-refractivity contribution >= 4 is 74.4 Å². The number of rotatable bonds is 44. The zero-order valence-corrected chi connectivity index (χ0v) is 56.2. The number of nitrogens with zero attached hydrogens (tertiary/aromatic N) is 7. The Bertz CT molecular complexity index is 3170. The number of methoxy groups -OCH3 is 1. The number of likely N-dealkylation sites (N-methyl/N-ethyl adjacent to an activating group) is 1. The van der Waals surface area contributed by atoms with Crippen molar-refractivity contribution < 1.29 is 85.8 Å². The second-order valence-electron chi connectivity index (χ2n) is 22.8. The molecule has 2 aromatic carbocycles. The normalized spacial score (nSPS) is 14.4. The maximum atomic E-state index is 13.6. The SMILES string of the molecule is CCN1CCN(CC(=O)O)CCN(CC(=O)N[C@H](CCC(=O)NCCOC)C(=O)NCCCOCCOCCOCCCNC(=O)CCCOc2cc(C)c(S(=O)(=O)N[C@@H](CNC(=O)c3ccc4c(cnn4CCCNc4ncc[nH]4)c3)C(=O)O)c(C)c2)CCN(C(=O)O)CC1. The number of carbonyl (C=O) groups excluding carboxylic acids is 5. The van der Waals surface area contributed by atoms with E-state index in [0.717, 1.165) is 11.9 Å². The summed E-state index contributed by atoms with van der Waals surface area (Å²) in [6, 6.07) is 5.22. The van der Waals surface area contributed by atoms with E-state index in [1.54, 1.807) is 60.4 Å². The number of aliphatic carboxylic acids is 2. The summed E-state index contributed by atoms with van der Waals surface area (Å²) in [6.45, 7) is 11.8. The van der Waals surface area contributed by atoms with Crippen molar-refractivity contribution in [3.8, 4) is 5.75 Å². The van der Waals surface area contributed by atoms with Gasteiger partial charge >= 0.3 is 18.0 Å². The van der Waals surface area contributed by atoms with E-state index in [4.69, 9.17) is 23.7 Å². The van der Waals surface area contributed by atoms with Gasteiger partial charge in [0.15, 0.2) is 5.95 Å². The highest BCUT2D eigenvalue weighted by Gasteiger charge is 2.30. The Labute approximate surface area is 559 Å². The van der Waals surface area contributed by atoms with Gasteiger partial charge in [0.1, 0.15) is 17.8 Å². The molecule has 0 bridgehead atoms. The molecular weight excluding hydrogens is 1270 g/mol. The summed E-state index contributed by atoms with van der Waals surface area (Å²) in [5.74, 6) is -3.58. The number of amides is 6. The Morgan fingerprint density at radius 3 is 1.93 bits per heavy atom. The van der Waals surface area contributed by atoms with E-state index in [0.29, 0.717) is 139 Å². The molecule has 4 aromatic rings. The minimum absolute atomic E-state index is 0.00342. The van der Waals surface area contributed by atoms with Crippen LogP contribution in [-0.4, -0.2) is 287 Å². The van der Waals surface area contributed by atoms with Gasteiger partial charge in [-0.15, -0.1) is 0 Å². The van der Waals surface area contributed by atoms with Gasteiger partial charge in [0.05, 0.1) is 69.3 Å². The molecule has 1 saturated heterocycles. The minimum atomic E-state index is -4.40. The van der Waals surface area contributed by atoms with E-state index in [9.17, 15) is 62.1 Å². The quantitative estimate of drug-likeness (QED) is 0.0265. The number of anilines is 1. The van der Waals surface area contributed by atoms with Crippen LogP contribution in [0, 0.1) is 13.8 Å². The highest BCUT2D eigenvalue weighted by atomic mass is 32.2. The molecule has 0 unspecified atom stereocenters. The minimum Gasteiger partial charge on any atom is -0.494 e. The Morgan fingerprint density at radius 1 is 0.667 bits per heavy atom. The summed E-state index contributed by atoms with van der Waals surface area (Å²) in [6.07, 6.45) is 6.15. The predicted molar refractivity (Wildman–Crippen MR) is 352 cm³/mol. The first-order chi connectivity index (χ1) is 46.2. The highest BCUT2D eigenvalue weighted by Crippen LogP contribution is 2.26. The van der Waals surface area contributed by atoms with Crippen molar-refractivity contribution in [1.82, 2.24) is 70.7 Å². The second-order valence-corrected chi connectivity index (χ2v) is 24.4. The Balaban J connectivity index is 0.911. The lowest BCUT2D eigenvalue weighted by atomic mass is 10.1. The van der Waals surface area contributed by atoms with E-state index in [-0.39, 0.29) is 107 Å². The van der Waals surface area contributed by atoms with Crippen molar-refractivity contribution in [2.45, 2.75) is 89.2 Å². The molecule has 2 aromatic heterocycles. The molecule has 2 atom stereocenters. The molecule has 0 aliphatic carbocycles. The summed E-state index contributed by atoms with van der Waals surface area (Å²) in [4.78, 5) is 115. The first-order valence-electron chi connectivity index (χ1n) is 32.3. The van der Waals surface area contributed by atoms with Gasteiger partial charge in [-0.2, -0.15) is 9.82 Å². The van der Waals surface area contributed by atoms with Crippen LogP contribution in [0.2, 0.25) is 0 Å². The highest BCUT2D eigenvalue weighted by molar-refractivity contribution is 7.89. The summed E-state index contributed by atoms with van der Waals surface area (Å²) < 4.78 is 59.0. The number of hydrogen-bond acceptors (Lipinski definition) is 21. The fourth-order valence-corrected chi connectivity index (χ4v) is 11.9. The standard InChI is InChI=1S/C62H97N15O18S/c1-5-73-22-23-75(44-56(81)82)25-24-74(27-29-76(28-26-73)62(87)88)43-55(80)71-50(12-14-54(79)64-20-33-91-4)59(84)65-17-9-31-93-35-37-94-36-34-92-30-8-16-63-53(78)10-6-32-95-49-38-45(2)57(46(3)39-49)96(89,90)72-51(60(85)86)42-69-58(83)47-11-13-52-48(40-47)41-70-77(52)21-7-15-66-61-67-18-19-68-61/h11,13,18-19,38-41,50-51,72H,5-10,12,14-17,20-37,42-44H2,1-4H3,(H,63,78)(H,64,79)(H,65,84)(H,69,83)(H,71,80)(H,81,82)(H,85,86)(H,87,88)(H2,66,67,68)/t50-,51+/m1/s1. The van der Waals surface area contributed by atoms with Gasteiger partial charge in [-0.1, -0.05) is 6.92 Å². The van der Waals surface area contributed by atoms with Crippen molar-refractivity contribution in [2.75, 3.05) is 170 Å². The van der Waals surface area contributed by atoms with E-state index in [2.05, 4.69) is 56.6 Å². The monoisotopic (exact) mass is 1370 g/mol. The number of carbonyl (C=O) groups is 8. The number of hydrogen-bond donors (Lipinski definition) is 11. The molecule has 0 radical (unpaired) electrons. The van der Waals surface area contributed by atoms with Crippen molar-refractivity contribution in [3.05, 3.63) is 65.6 Å². The van der Waals surface area contributed by atoms with Gasteiger partial charge in [0.2, 0.25) is 33.7 Å². The fraction of sp³-hybridized carbons (Fsp3) is 0.613. The molecular formula is C62H97N15O18S. The van der Waals surface area contributed by atoms with E-state index in [1.807, 2.05) is 11.6 Å². The number of aromatic amines is 1. The van der Waals surface area contributed by atoms with Crippen LogP contribution in [0.1, 0.15) is 73.4 Å². The molecule has 6 amide bonds. The molecule has 1 fully saturated rings. The van der Waals surface area contributed by atoms with Crippen LogP contribution < -0.4 is 41.4 Å². The van der Waals surface area contributed by atoms with Crippen LogP contribution in [0.4, 0.5) is 10.7 Å². The maximum Gasteiger partial charge on any atom is 0.407 e. The average Bonchev–Trinajstić information content (AvgIpc) is 1.14. The van der Waals surface area contributed by atoms with Gasteiger partial charge in [-0.3, -0.25) is 48.0 Å².